The van der Waals surface area contributed by atoms with Gasteiger partial charge >= 0.3 is 6.18 Å². The van der Waals surface area contributed by atoms with Crippen LogP contribution in [0, 0.1) is 0 Å². The van der Waals surface area contributed by atoms with E-state index in [-0.39, 0.29) is 35.3 Å². The van der Waals surface area contributed by atoms with Crippen LogP contribution in [0.15, 0.2) is 41.3 Å². The summed E-state index contributed by atoms with van der Waals surface area (Å²) in [6, 6.07) is 6.79. The third-order valence-corrected chi connectivity index (χ3v) is 5.66. The highest BCUT2D eigenvalue weighted by atomic mass is 32.2. The fourth-order valence-electron chi connectivity index (χ4n) is 2.85. The minimum Gasteiger partial charge on any atom is -0.491 e. The number of ether oxygens (including phenoxy) is 1. The molecule has 2 aromatic rings. The summed E-state index contributed by atoms with van der Waals surface area (Å²) in [5, 5.41) is 2.65. The van der Waals surface area contributed by atoms with Gasteiger partial charge in [-0.05, 0) is 54.8 Å². The van der Waals surface area contributed by atoms with E-state index in [1.54, 1.807) is 0 Å². The average molecular weight is 428 g/mol. The van der Waals surface area contributed by atoms with Crippen LogP contribution in [-0.2, 0) is 27.4 Å². The average Bonchev–Trinajstić information content (AvgIpc) is 2.65. The first-order valence-electron chi connectivity index (χ1n) is 8.90. The van der Waals surface area contributed by atoms with Gasteiger partial charge in [0.25, 0.3) is 10.0 Å². The van der Waals surface area contributed by atoms with Crippen LogP contribution in [0.5, 0.6) is 5.75 Å². The Balaban J connectivity index is 1.95. The van der Waals surface area contributed by atoms with E-state index < -0.39 is 21.8 Å². The van der Waals surface area contributed by atoms with E-state index in [9.17, 15) is 26.4 Å². The molecule has 1 heterocycles. The van der Waals surface area contributed by atoms with Gasteiger partial charge in [-0.1, -0.05) is 6.92 Å². The highest BCUT2D eigenvalue weighted by Crippen LogP contribution is 2.36. The van der Waals surface area contributed by atoms with Crippen molar-refractivity contribution in [3.63, 3.8) is 0 Å². The first-order valence-corrected chi connectivity index (χ1v) is 10.4. The van der Waals surface area contributed by atoms with Gasteiger partial charge < -0.3 is 10.1 Å². The molecule has 10 heteroatoms. The molecule has 1 amide bonds. The fraction of sp³-hybridized carbons (Fsp3) is 0.316. The van der Waals surface area contributed by atoms with Gasteiger partial charge in [0.2, 0.25) is 5.91 Å². The van der Waals surface area contributed by atoms with E-state index in [1.165, 1.54) is 18.2 Å². The molecular weight excluding hydrogens is 409 g/mol. The number of hydrogen-bond acceptors (Lipinski definition) is 4. The van der Waals surface area contributed by atoms with Gasteiger partial charge in [0.15, 0.2) is 0 Å². The standard InChI is InChI=1S/C19H19F3N2O4S/c1-2-9-28-17-7-4-13(19(20,21)22)11-16(17)24-29(26,27)14-5-6-15-12(10-14)3-8-18(25)23-15/h4-7,10-11,24H,2-3,8-9H2,1H3,(H,23,25). The first-order chi connectivity index (χ1) is 13.6. The van der Waals surface area contributed by atoms with Gasteiger partial charge in [-0.15, -0.1) is 0 Å². The smallest absolute Gasteiger partial charge is 0.416 e. The Labute approximate surface area is 166 Å². The summed E-state index contributed by atoms with van der Waals surface area (Å²) in [6.07, 6.45) is -3.43. The number of sulfonamides is 1. The number of hydrogen-bond donors (Lipinski definition) is 2. The Hall–Kier alpha value is -2.75. The zero-order valence-electron chi connectivity index (χ0n) is 15.5. The summed E-state index contributed by atoms with van der Waals surface area (Å²) < 4.78 is 72.4. The molecule has 0 atom stereocenters. The number of benzene rings is 2. The quantitative estimate of drug-likeness (QED) is 0.723. The molecule has 0 aliphatic carbocycles. The number of carbonyl (C=O) groups is 1. The summed E-state index contributed by atoms with van der Waals surface area (Å²) >= 11 is 0. The Morgan fingerprint density at radius 1 is 1.14 bits per heavy atom. The molecule has 0 saturated carbocycles. The van der Waals surface area contributed by atoms with Gasteiger partial charge in [-0.25, -0.2) is 8.42 Å². The molecule has 6 nitrogen and oxygen atoms in total. The summed E-state index contributed by atoms with van der Waals surface area (Å²) in [6.45, 7) is 2.04. The zero-order valence-corrected chi connectivity index (χ0v) is 16.3. The number of amides is 1. The molecule has 0 bridgehead atoms. The van der Waals surface area contributed by atoms with Crippen molar-refractivity contribution >= 4 is 27.3 Å². The molecule has 0 radical (unpaired) electrons. The predicted octanol–water partition coefficient (Wildman–Crippen LogP) is 4.18. The highest BCUT2D eigenvalue weighted by molar-refractivity contribution is 7.92. The second-order valence-corrected chi connectivity index (χ2v) is 8.21. The lowest BCUT2D eigenvalue weighted by Crippen LogP contribution is -2.20. The van der Waals surface area contributed by atoms with E-state index in [1.807, 2.05) is 6.92 Å². The molecule has 2 N–H and O–H groups in total. The minimum absolute atomic E-state index is 0.00801. The van der Waals surface area contributed by atoms with Gasteiger partial charge in [0, 0.05) is 12.1 Å². The van der Waals surface area contributed by atoms with Crippen LogP contribution in [-0.4, -0.2) is 20.9 Å². The van der Waals surface area contributed by atoms with Crippen molar-refractivity contribution in [3.05, 3.63) is 47.5 Å². The van der Waals surface area contributed by atoms with Crippen molar-refractivity contribution in [1.82, 2.24) is 0 Å². The van der Waals surface area contributed by atoms with Crippen molar-refractivity contribution in [2.45, 2.75) is 37.3 Å². The number of anilines is 2. The van der Waals surface area contributed by atoms with Gasteiger partial charge in [-0.2, -0.15) is 13.2 Å². The van der Waals surface area contributed by atoms with Gasteiger partial charge in [0.1, 0.15) is 5.75 Å². The van der Waals surface area contributed by atoms with Crippen LogP contribution < -0.4 is 14.8 Å². The molecule has 3 rings (SSSR count). The number of carbonyl (C=O) groups excluding carboxylic acids is 1. The molecule has 1 aliphatic rings. The lowest BCUT2D eigenvalue weighted by Gasteiger charge is -2.19. The largest absolute Gasteiger partial charge is 0.491 e. The maximum Gasteiger partial charge on any atom is 0.416 e. The molecule has 1 aliphatic heterocycles. The first kappa shape index (κ1) is 21.0. The summed E-state index contributed by atoms with van der Waals surface area (Å²) in [5.41, 5.74) is -0.128. The van der Waals surface area contributed by atoms with Crippen molar-refractivity contribution in [2.75, 3.05) is 16.6 Å². The molecule has 2 aromatic carbocycles. The number of halogens is 3. The molecule has 0 saturated heterocycles. The molecule has 0 spiro atoms. The third kappa shape index (κ3) is 4.81. The number of aryl methyl sites for hydroxylation is 1. The topological polar surface area (TPSA) is 84.5 Å². The van der Waals surface area contributed by atoms with E-state index in [2.05, 4.69) is 10.0 Å². The van der Waals surface area contributed by atoms with Crippen molar-refractivity contribution in [2.24, 2.45) is 0 Å². The van der Waals surface area contributed by atoms with E-state index in [0.717, 1.165) is 12.1 Å². The maximum atomic E-state index is 13.1. The molecule has 0 unspecified atom stereocenters. The van der Waals surface area contributed by atoms with Crippen LogP contribution in [0.4, 0.5) is 24.5 Å². The van der Waals surface area contributed by atoms with Crippen molar-refractivity contribution in [3.8, 4) is 5.75 Å². The van der Waals surface area contributed by atoms with Crippen LogP contribution in [0.1, 0.15) is 30.9 Å². The summed E-state index contributed by atoms with van der Waals surface area (Å²) in [4.78, 5) is 11.3. The van der Waals surface area contributed by atoms with E-state index >= 15 is 0 Å². The van der Waals surface area contributed by atoms with E-state index in [4.69, 9.17) is 4.74 Å². The molecule has 0 fully saturated rings. The molecule has 156 valence electrons. The highest BCUT2D eigenvalue weighted by Gasteiger charge is 2.32. The minimum atomic E-state index is -4.63. The second kappa shape index (κ2) is 7.94. The van der Waals surface area contributed by atoms with Gasteiger partial charge in [-0.3, -0.25) is 9.52 Å². The van der Waals surface area contributed by atoms with Crippen molar-refractivity contribution in [1.29, 1.82) is 0 Å². The number of alkyl halides is 3. The Kier molecular flexibility index (Phi) is 5.74. The van der Waals surface area contributed by atoms with Crippen LogP contribution in [0.3, 0.4) is 0 Å². The number of fused-ring (bicyclic) bond motifs is 1. The monoisotopic (exact) mass is 428 g/mol. The number of nitrogens with one attached hydrogen (secondary N) is 2. The summed E-state index contributed by atoms with van der Waals surface area (Å²) in [7, 11) is -4.18. The fourth-order valence-corrected chi connectivity index (χ4v) is 3.97. The Bertz CT molecular complexity index is 1040. The lowest BCUT2D eigenvalue weighted by molar-refractivity contribution is -0.137. The molecule has 0 aromatic heterocycles. The van der Waals surface area contributed by atoms with E-state index in [0.29, 0.717) is 30.2 Å². The van der Waals surface area contributed by atoms with Gasteiger partial charge in [0.05, 0.1) is 22.8 Å². The molecular formula is C19H19F3N2O4S. The Morgan fingerprint density at radius 3 is 2.59 bits per heavy atom. The molecule has 29 heavy (non-hydrogen) atoms. The SMILES string of the molecule is CCCOc1ccc(C(F)(F)F)cc1NS(=O)(=O)c1ccc2c(c1)CCC(=O)N2. The van der Waals surface area contributed by atoms with Crippen LogP contribution in [0.25, 0.3) is 0 Å². The van der Waals surface area contributed by atoms with Crippen LogP contribution >= 0.6 is 0 Å². The van der Waals surface area contributed by atoms with Crippen LogP contribution in [0.2, 0.25) is 0 Å². The summed E-state index contributed by atoms with van der Waals surface area (Å²) in [5.74, 6) is -0.151. The normalized spacial score (nSPS) is 14.1. The predicted molar refractivity (Wildman–Crippen MR) is 101 cm³/mol. The third-order valence-electron chi connectivity index (χ3n) is 4.30. The van der Waals surface area contributed by atoms with Crippen molar-refractivity contribution < 1.29 is 31.1 Å². The maximum absolute atomic E-state index is 13.1. The lowest BCUT2D eigenvalue weighted by atomic mass is 10.0. The zero-order chi connectivity index (χ0) is 21.2. The number of rotatable bonds is 6. The second-order valence-electron chi connectivity index (χ2n) is 6.53. The Morgan fingerprint density at radius 2 is 1.90 bits per heavy atom.